The molecule has 2 aromatic rings. The fraction of sp³-hybridized carbons (Fsp3) is 0.263. The summed E-state index contributed by atoms with van der Waals surface area (Å²) in [6.07, 6.45) is -0.244. The van der Waals surface area contributed by atoms with E-state index in [9.17, 15) is 14.0 Å². The maximum atomic E-state index is 12.8. The smallest absolute Gasteiger partial charge is 0.279 e. The van der Waals surface area contributed by atoms with E-state index in [-0.39, 0.29) is 12.3 Å². The van der Waals surface area contributed by atoms with Crippen molar-refractivity contribution in [1.29, 1.82) is 0 Å². The molecule has 0 aliphatic rings. The Labute approximate surface area is 161 Å². The van der Waals surface area contributed by atoms with Crippen LogP contribution in [0.2, 0.25) is 5.02 Å². The standard InChI is InChI=1S/C19H20ClFN2O4/c1-13(27-15-10-8-14(21)9-11-15)19(25)23-22-18(24)7-4-12-26-17-6-3-2-5-16(17)20/h2-3,5-6,8-11,13H,4,7,12H2,1H3,(H,22,24)(H,23,25). The summed E-state index contributed by atoms with van der Waals surface area (Å²) in [5.74, 6) is -0.382. The van der Waals surface area contributed by atoms with Gasteiger partial charge in [0, 0.05) is 6.42 Å². The molecule has 144 valence electrons. The van der Waals surface area contributed by atoms with Crippen molar-refractivity contribution < 1.29 is 23.5 Å². The first kappa shape index (κ1) is 20.5. The highest BCUT2D eigenvalue weighted by molar-refractivity contribution is 6.32. The fourth-order valence-electron chi connectivity index (χ4n) is 2.04. The summed E-state index contributed by atoms with van der Waals surface area (Å²) >= 11 is 5.96. The highest BCUT2D eigenvalue weighted by Crippen LogP contribution is 2.23. The second-order valence-corrected chi connectivity index (χ2v) is 6.04. The van der Waals surface area contributed by atoms with Gasteiger partial charge in [0.25, 0.3) is 5.91 Å². The third-order valence-corrected chi connectivity index (χ3v) is 3.78. The number of hydrazine groups is 1. The lowest BCUT2D eigenvalue weighted by atomic mass is 10.3. The third kappa shape index (κ3) is 7.15. The number of carbonyl (C=O) groups excluding carboxylic acids is 2. The molecule has 2 aromatic carbocycles. The van der Waals surface area contributed by atoms with Crippen LogP contribution in [0.25, 0.3) is 0 Å². The van der Waals surface area contributed by atoms with Gasteiger partial charge in [0.05, 0.1) is 11.6 Å². The Bertz CT molecular complexity index is 771. The Morgan fingerprint density at radius 3 is 2.52 bits per heavy atom. The Balaban J connectivity index is 1.63. The zero-order chi connectivity index (χ0) is 19.6. The summed E-state index contributed by atoms with van der Waals surface area (Å²) in [6, 6.07) is 12.3. The topological polar surface area (TPSA) is 76.7 Å². The lowest BCUT2D eigenvalue weighted by molar-refractivity contribution is -0.132. The minimum Gasteiger partial charge on any atom is -0.492 e. The zero-order valence-corrected chi connectivity index (χ0v) is 15.5. The maximum absolute atomic E-state index is 12.8. The molecule has 1 atom stereocenters. The van der Waals surface area contributed by atoms with Crippen molar-refractivity contribution >= 4 is 23.4 Å². The molecule has 0 fully saturated rings. The van der Waals surface area contributed by atoms with Crippen LogP contribution >= 0.6 is 11.6 Å². The molecule has 2 rings (SSSR count). The molecule has 0 aromatic heterocycles. The molecule has 1 unspecified atom stereocenters. The molecule has 0 saturated carbocycles. The van der Waals surface area contributed by atoms with Gasteiger partial charge < -0.3 is 9.47 Å². The molecule has 27 heavy (non-hydrogen) atoms. The molecule has 2 N–H and O–H groups in total. The Hall–Kier alpha value is -2.80. The summed E-state index contributed by atoms with van der Waals surface area (Å²) in [6.45, 7) is 1.83. The van der Waals surface area contributed by atoms with Crippen LogP contribution in [0.1, 0.15) is 19.8 Å². The van der Waals surface area contributed by atoms with Gasteiger partial charge in [0.2, 0.25) is 5.91 Å². The summed E-state index contributed by atoms with van der Waals surface area (Å²) < 4.78 is 23.7. The van der Waals surface area contributed by atoms with E-state index in [1.807, 2.05) is 0 Å². The molecule has 6 nitrogen and oxygen atoms in total. The summed E-state index contributed by atoms with van der Waals surface area (Å²) in [5.41, 5.74) is 4.59. The Morgan fingerprint density at radius 2 is 1.81 bits per heavy atom. The number of hydrogen-bond donors (Lipinski definition) is 2. The lowest BCUT2D eigenvalue weighted by Crippen LogP contribution is -2.47. The number of benzene rings is 2. The van der Waals surface area contributed by atoms with Crippen molar-refractivity contribution in [2.45, 2.75) is 25.9 Å². The summed E-state index contributed by atoms with van der Waals surface area (Å²) in [5, 5.41) is 0.504. The maximum Gasteiger partial charge on any atom is 0.279 e. The highest BCUT2D eigenvalue weighted by atomic mass is 35.5. The van der Waals surface area contributed by atoms with Gasteiger partial charge in [-0.25, -0.2) is 4.39 Å². The molecule has 2 amide bonds. The largest absolute Gasteiger partial charge is 0.492 e. The number of rotatable bonds is 8. The number of hydrogen-bond acceptors (Lipinski definition) is 4. The molecule has 0 spiro atoms. The van der Waals surface area contributed by atoms with Gasteiger partial charge in [-0.3, -0.25) is 20.4 Å². The SMILES string of the molecule is CC(Oc1ccc(F)cc1)C(=O)NNC(=O)CCCOc1ccccc1Cl. The average molecular weight is 395 g/mol. The second kappa shape index (κ2) is 10.4. The molecule has 0 radical (unpaired) electrons. The normalized spacial score (nSPS) is 11.4. The van der Waals surface area contributed by atoms with E-state index in [2.05, 4.69) is 10.9 Å². The highest BCUT2D eigenvalue weighted by Gasteiger charge is 2.15. The van der Waals surface area contributed by atoms with Crippen molar-refractivity contribution in [3.05, 3.63) is 59.4 Å². The van der Waals surface area contributed by atoms with Gasteiger partial charge in [-0.05, 0) is 49.7 Å². The molecule has 0 saturated heterocycles. The minimum absolute atomic E-state index is 0.165. The van der Waals surface area contributed by atoms with Crippen LogP contribution < -0.4 is 20.3 Å². The van der Waals surface area contributed by atoms with Crippen LogP contribution in [0.3, 0.4) is 0 Å². The molecular weight excluding hydrogens is 375 g/mol. The molecular formula is C19H20ClFN2O4. The Kier molecular flexibility index (Phi) is 7.88. The number of halogens is 2. The Morgan fingerprint density at radius 1 is 1.11 bits per heavy atom. The van der Waals surface area contributed by atoms with Gasteiger partial charge in [-0.1, -0.05) is 23.7 Å². The van der Waals surface area contributed by atoms with E-state index in [1.54, 1.807) is 24.3 Å². The number of ether oxygens (including phenoxy) is 2. The summed E-state index contributed by atoms with van der Waals surface area (Å²) in [4.78, 5) is 23.7. The van der Waals surface area contributed by atoms with E-state index in [0.717, 1.165) is 0 Å². The van der Waals surface area contributed by atoms with Crippen molar-refractivity contribution in [2.75, 3.05) is 6.61 Å². The van der Waals surface area contributed by atoms with Crippen LogP contribution in [0, 0.1) is 5.82 Å². The molecule has 0 heterocycles. The van der Waals surface area contributed by atoms with E-state index < -0.39 is 17.8 Å². The van der Waals surface area contributed by atoms with Gasteiger partial charge in [-0.2, -0.15) is 0 Å². The first-order valence-electron chi connectivity index (χ1n) is 8.34. The average Bonchev–Trinajstić information content (AvgIpc) is 2.66. The van der Waals surface area contributed by atoms with E-state index in [0.29, 0.717) is 29.5 Å². The van der Waals surface area contributed by atoms with Crippen molar-refractivity contribution in [2.24, 2.45) is 0 Å². The fourth-order valence-corrected chi connectivity index (χ4v) is 2.23. The second-order valence-electron chi connectivity index (χ2n) is 5.63. The van der Waals surface area contributed by atoms with Gasteiger partial charge >= 0.3 is 0 Å². The number of para-hydroxylation sites is 1. The van der Waals surface area contributed by atoms with Gasteiger partial charge in [-0.15, -0.1) is 0 Å². The molecule has 8 heteroatoms. The number of carbonyl (C=O) groups is 2. The van der Waals surface area contributed by atoms with Crippen molar-refractivity contribution in [3.63, 3.8) is 0 Å². The van der Waals surface area contributed by atoms with E-state index in [4.69, 9.17) is 21.1 Å². The van der Waals surface area contributed by atoms with Crippen molar-refractivity contribution in [1.82, 2.24) is 10.9 Å². The van der Waals surface area contributed by atoms with Crippen LogP contribution in [0.5, 0.6) is 11.5 Å². The van der Waals surface area contributed by atoms with Gasteiger partial charge in [0.1, 0.15) is 17.3 Å². The third-order valence-electron chi connectivity index (χ3n) is 3.46. The predicted octanol–water partition coefficient (Wildman–Crippen LogP) is 3.25. The van der Waals surface area contributed by atoms with Crippen LogP contribution in [-0.2, 0) is 9.59 Å². The lowest BCUT2D eigenvalue weighted by Gasteiger charge is -2.15. The number of nitrogens with one attached hydrogen (secondary N) is 2. The minimum atomic E-state index is -0.862. The van der Waals surface area contributed by atoms with E-state index >= 15 is 0 Å². The predicted molar refractivity (Wildman–Crippen MR) is 99.0 cm³/mol. The van der Waals surface area contributed by atoms with Crippen LogP contribution in [0.15, 0.2) is 48.5 Å². The van der Waals surface area contributed by atoms with Crippen molar-refractivity contribution in [3.8, 4) is 11.5 Å². The first-order chi connectivity index (χ1) is 13.0. The monoisotopic (exact) mass is 394 g/mol. The zero-order valence-electron chi connectivity index (χ0n) is 14.7. The number of amides is 2. The molecule has 0 aliphatic heterocycles. The quantitative estimate of drug-likeness (QED) is 0.532. The molecule has 0 aliphatic carbocycles. The van der Waals surface area contributed by atoms with Crippen LogP contribution in [-0.4, -0.2) is 24.5 Å². The first-order valence-corrected chi connectivity index (χ1v) is 8.72. The van der Waals surface area contributed by atoms with Crippen LogP contribution in [0.4, 0.5) is 4.39 Å². The summed E-state index contributed by atoms with van der Waals surface area (Å²) in [7, 11) is 0. The van der Waals surface area contributed by atoms with E-state index in [1.165, 1.54) is 31.2 Å². The molecule has 0 bridgehead atoms. The van der Waals surface area contributed by atoms with Gasteiger partial charge in [0.15, 0.2) is 6.10 Å².